The van der Waals surface area contributed by atoms with Crippen LogP contribution in [0.5, 0.6) is 0 Å². The molecule has 0 spiro atoms. The van der Waals surface area contributed by atoms with E-state index in [2.05, 4.69) is 55.4 Å². The van der Waals surface area contributed by atoms with Crippen LogP contribution in [0, 0.1) is 27.7 Å². The van der Waals surface area contributed by atoms with Crippen molar-refractivity contribution in [3.05, 3.63) is 27.7 Å². The molecule has 0 heterocycles. The first kappa shape index (κ1) is 37.2. The Morgan fingerprint density at radius 2 is 0.577 bits per heavy atom. The molecule has 0 aliphatic carbocycles. The van der Waals surface area contributed by atoms with Gasteiger partial charge in [-0.2, -0.15) is 25.7 Å². The molecule has 0 aliphatic rings. The third-order valence-electron chi connectivity index (χ3n) is 3.41. The molecule has 2 heteroatoms. The molecule has 0 fully saturated rings. The van der Waals surface area contributed by atoms with Gasteiger partial charge in [0.15, 0.2) is 0 Å². The first-order chi connectivity index (χ1) is 12.7. The fraction of sp³-hybridized carbons (Fsp3) is 0.833. The Morgan fingerprint density at radius 1 is 0.423 bits per heavy atom. The molecule has 163 valence electrons. The van der Waals surface area contributed by atoms with Crippen molar-refractivity contribution in [1.29, 1.82) is 0 Å². The Morgan fingerprint density at radius 3 is 0.615 bits per heavy atom. The second-order valence-electron chi connectivity index (χ2n) is 6.24. The summed E-state index contributed by atoms with van der Waals surface area (Å²) in [6.07, 6.45) is 20.3. The molecule has 0 rings (SSSR count). The minimum absolute atomic E-state index is 1.06. The van der Waals surface area contributed by atoms with Crippen LogP contribution in [0.2, 0.25) is 0 Å². The zero-order valence-corrected chi connectivity index (χ0v) is 20.4. The molecule has 0 aromatic rings. The summed E-state index contributed by atoms with van der Waals surface area (Å²) in [7, 11) is 0. The molecule has 0 saturated heterocycles. The molecule has 0 aromatic heterocycles. The first-order valence-corrected chi connectivity index (χ1v) is 11.6. The first-order valence-electron chi connectivity index (χ1n) is 11.0. The maximum atomic E-state index is 8.19. The predicted octanol–water partition coefficient (Wildman–Crippen LogP) is 9.48. The topological polar surface area (TPSA) is 17.1 Å². The van der Waals surface area contributed by atoms with Gasteiger partial charge in [-0.05, 0) is 0 Å². The van der Waals surface area contributed by atoms with Crippen molar-refractivity contribution in [2.75, 3.05) is 0 Å². The average molecular weight is 408 g/mol. The van der Waals surface area contributed by atoms with Gasteiger partial charge in [0.25, 0.3) is 0 Å². The van der Waals surface area contributed by atoms with Crippen LogP contribution in [0.25, 0.3) is 0 Å². The van der Waals surface area contributed by atoms with E-state index in [-0.39, 0.29) is 0 Å². The zero-order chi connectivity index (χ0) is 21.3. The quantitative estimate of drug-likeness (QED) is 0.232. The van der Waals surface area contributed by atoms with Crippen molar-refractivity contribution < 1.29 is 21.0 Å². The van der Waals surface area contributed by atoms with Gasteiger partial charge in [0, 0.05) is 0 Å². The Bertz CT molecular complexity index is 103. The van der Waals surface area contributed by atoms with E-state index in [1.165, 1.54) is 77.0 Å². The van der Waals surface area contributed by atoms with Gasteiger partial charge in [0.05, 0.1) is 0 Å². The fourth-order valence-electron chi connectivity index (χ4n) is 1.71. The van der Waals surface area contributed by atoms with Crippen LogP contribution in [0.3, 0.4) is 0 Å². The van der Waals surface area contributed by atoms with Crippen molar-refractivity contribution in [1.82, 2.24) is 0 Å². The zero-order valence-electron chi connectivity index (χ0n) is 19.0. The molecule has 0 aromatic carbocycles. The summed E-state index contributed by atoms with van der Waals surface area (Å²) in [5.41, 5.74) is 0. The summed E-state index contributed by atoms with van der Waals surface area (Å²) < 4.78 is 8.19. The van der Waals surface area contributed by atoms with Gasteiger partial charge in [-0.15, -0.1) is 0 Å². The number of hydrogen-bond donors (Lipinski definition) is 0. The minimum atomic E-state index is 1.06. The Labute approximate surface area is 179 Å². The summed E-state index contributed by atoms with van der Waals surface area (Å²) in [6.45, 7) is 23.7. The van der Waals surface area contributed by atoms with E-state index in [0.717, 1.165) is 43.1 Å². The van der Waals surface area contributed by atoms with Crippen molar-refractivity contribution in [2.45, 2.75) is 130 Å². The van der Waals surface area contributed by atoms with Crippen LogP contribution in [-0.4, -0.2) is 0 Å². The Balaban J connectivity index is -0.0000000729. The Hall–Kier alpha value is 0.384. The van der Waals surface area contributed by atoms with E-state index in [9.17, 15) is 0 Å². The second kappa shape index (κ2) is 56.2. The van der Waals surface area contributed by atoms with Crippen LogP contribution in [0.1, 0.15) is 130 Å². The predicted molar refractivity (Wildman–Crippen MR) is 119 cm³/mol. The van der Waals surface area contributed by atoms with Gasteiger partial charge >= 0.3 is 21.0 Å². The van der Waals surface area contributed by atoms with Gasteiger partial charge in [-0.25, -0.2) is 0 Å². The number of rotatable bonds is 12. The maximum absolute atomic E-state index is 8.19. The summed E-state index contributed by atoms with van der Waals surface area (Å²) in [5.74, 6) is 0. The van der Waals surface area contributed by atoms with E-state index >= 15 is 0 Å². The molecule has 0 aliphatic heterocycles. The third-order valence-corrected chi connectivity index (χ3v) is 3.41. The number of unbranched alkanes of at least 4 members (excludes halogenated alkanes) is 12. The molecular formula is C24H52OV-4. The van der Waals surface area contributed by atoms with Crippen molar-refractivity contribution in [2.24, 2.45) is 0 Å². The van der Waals surface area contributed by atoms with E-state index in [0.29, 0.717) is 0 Å². The van der Waals surface area contributed by atoms with E-state index in [1.54, 1.807) is 0 Å². The van der Waals surface area contributed by atoms with Crippen molar-refractivity contribution in [3.8, 4) is 0 Å². The Kier molecular flexibility index (Phi) is 80.4. The van der Waals surface area contributed by atoms with Gasteiger partial charge in [-0.3, -0.25) is 0 Å². The van der Waals surface area contributed by atoms with Crippen LogP contribution >= 0.6 is 0 Å². The average Bonchev–Trinajstić information content (AvgIpc) is 2.70. The van der Waals surface area contributed by atoms with E-state index < -0.39 is 0 Å². The summed E-state index contributed by atoms with van der Waals surface area (Å²) in [4.78, 5) is 0. The summed E-state index contributed by atoms with van der Waals surface area (Å²) in [6, 6.07) is 0. The van der Waals surface area contributed by atoms with Crippen LogP contribution in [0.4, 0.5) is 0 Å². The standard InChI is InChI=1S/4C6H13.O.V/c4*1-3-5-6-4-2;;/h4*1,3-6H2,2H3;;/q4*-1;;. The normalized spacial score (nSPS) is 8.42. The van der Waals surface area contributed by atoms with Crippen molar-refractivity contribution in [3.63, 3.8) is 0 Å². The molecule has 0 radical (unpaired) electrons. The monoisotopic (exact) mass is 407 g/mol. The van der Waals surface area contributed by atoms with E-state index in [4.69, 9.17) is 3.67 Å². The van der Waals surface area contributed by atoms with Crippen molar-refractivity contribution >= 4 is 0 Å². The van der Waals surface area contributed by atoms with Crippen LogP contribution in [-0.2, 0) is 21.0 Å². The summed E-state index contributed by atoms with van der Waals surface area (Å²) >= 11 is 1.06. The van der Waals surface area contributed by atoms with Crippen LogP contribution in [0.15, 0.2) is 0 Å². The molecule has 0 saturated carbocycles. The second-order valence-corrected chi connectivity index (χ2v) is 6.24. The summed E-state index contributed by atoms with van der Waals surface area (Å²) in [5, 5.41) is 0. The third kappa shape index (κ3) is 86.9. The van der Waals surface area contributed by atoms with Gasteiger partial charge in [0.1, 0.15) is 0 Å². The molecule has 0 unspecified atom stereocenters. The molecule has 1 nitrogen and oxygen atoms in total. The van der Waals surface area contributed by atoms with Gasteiger partial charge in [0.2, 0.25) is 0 Å². The van der Waals surface area contributed by atoms with Gasteiger partial charge in [-0.1, -0.05) is 105 Å². The van der Waals surface area contributed by atoms with E-state index in [1.807, 2.05) is 0 Å². The van der Waals surface area contributed by atoms with Crippen LogP contribution < -0.4 is 0 Å². The molecule has 0 N–H and O–H groups in total. The fourth-order valence-corrected chi connectivity index (χ4v) is 1.71. The number of hydrogen-bond acceptors (Lipinski definition) is 1. The molecule has 0 amide bonds. The SMILES string of the molecule is [CH2-]CCCCC.[CH2-]CCCCC.[CH2-]CCCCC.[CH2-]CCCCC.[O]=[V]. The molecule has 0 bridgehead atoms. The molecule has 0 atom stereocenters. The van der Waals surface area contributed by atoms with Gasteiger partial charge < -0.3 is 27.7 Å². The molecular weight excluding hydrogens is 355 g/mol. The molecule has 26 heavy (non-hydrogen) atoms.